The van der Waals surface area contributed by atoms with Gasteiger partial charge >= 0.3 is 6.03 Å². The molecule has 26 heavy (non-hydrogen) atoms. The zero-order chi connectivity index (χ0) is 19.1. The first-order valence-electron chi connectivity index (χ1n) is 10.9. The second-order valence-electron chi connectivity index (χ2n) is 7.82. The van der Waals surface area contributed by atoms with Crippen molar-refractivity contribution >= 4 is 11.9 Å². The average Bonchev–Trinajstić information content (AvgIpc) is 2.86. The zero-order valence-electron chi connectivity index (χ0n) is 16.8. The molecule has 5 heteroatoms. The standard InChI is InChI=1S/C21H40N2O3/c1-2-3-4-5-6-7-8-9-10-11-12-13-14-15-16-17-18-21(26)19(24)22-20(25)23-21/h26H,2-18H2,1H3,(H2,22,23,24,25). The molecule has 1 fully saturated rings. The lowest BCUT2D eigenvalue weighted by atomic mass is 10.0. The summed E-state index contributed by atoms with van der Waals surface area (Å²) in [6, 6.07) is -0.603. The second kappa shape index (κ2) is 14.0. The molecule has 1 unspecified atom stereocenters. The normalized spacial score (nSPS) is 19.6. The third-order valence-corrected chi connectivity index (χ3v) is 5.32. The highest BCUT2D eigenvalue weighted by molar-refractivity contribution is 6.05. The molecule has 1 heterocycles. The third-order valence-electron chi connectivity index (χ3n) is 5.32. The van der Waals surface area contributed by atoms with Crippen molar-refractivity contribution in [2.24, 2.45) is 0 Å². The highest BCUT2D eigenvalue weighted by Crippen LogP contribution is 2.18. The van der Waals surface area contributed by atoms with E-state index in [1.54, 1.807) is 0 Å². The smallest absolute Gasteiger partial charge is 0.324 e. The van der Waals surface area contributed by atoms with Crippen molar-refractivity contribution in [1.29, 1.82) is 0 Å². The lowest BCUT2D eigenvalue weighted by Crippen LogP contribution is -2.46. The number of hydrogen-bond donors (Lipinski definition) is 3. The number of nitrogens with one attached hydrogen (secondary N) is 2. The van der Waals surface area contributed by atoms with E-state index in [1.165, 1.54) is 83.5 Å². The quantitative estimate of drug-likeness (QED) is 0.245. The molecular formula is C21H40N2O3. The van der Waals surface area contributed by atoms with E-state index in [0.717, 1.165) is 19.3 Å². The van der Waals surface area contributed by atoms with Crippen LogP contribution in [0.5, 0.6) is 0 Å². The molecule has 0 aliphatic carbocycles. The van der Waals surface area contributed by atoms with Crippen LogP contribution in [0.25, 0.3) is 0 Å². The molecule has 0 aromatic heterocycles. The predicted octanol–water partition coefficient (Wildman–Crippen LogP) is 5.17. The number of amides is 3. The molecule has 0 radical (unpaired) electrons. The fourth-order valence-electron chi connectivity index (χ4n) is 3.59. The van der Waals surface area contributed by atoms with E-state index in [0.29, 0.717) is 6.42 Å². The zero-order valence-corrected chi connectivity index (χ0v) is 16.8. The molecule has 3 amide bonds. The van der Waals surface area contributed by atoms with Crippen molar-refractivity contribution in [2.75, 3.05) is 0 Å². The van der Waals surface area contributed by atoms with Gasteiger partial charge in [0.15, 0.2) is 0 Å². The number of urea groups is 1. The Bertz CT molecular complexity index is 401. The molecule has 1 rings (SSSR count). The minimum absolute atomic E-state index is 0.295. The van der Waals surface area contributed by atoms with Gasteiger partial charge in [0.1, 0.15) is 0 Å². The topological polar surface area (TPSA) is 78.4 Å². The number of imide groups is 1. The fourth-order valence-corrected chi connectivity index (χ4v) is 3.59. The maximum absolute atomic E-state index is 11.5. The minimum Gasteiger partial charge on any atom is -0.363 e. The van der Waals surface area contributed by atoms with Gasteiger partial charge in [-0.3, -0.25) is 10.1 Å². The molecule has 152 valence electrons. The Balaban J connectivity index is 1.79. The summed E-state index contributed by atoms with van der Waals surface area (Å²) >= 11 is 0. The maximum Gasteiger partial charge on any atom is 0.324 e. The van der Waals surface area contributed by atoms with Crippen LogP contribution in [0.2, 0.25) is 0 Å². The summed E-state index contributed by atoms with van der Waals surface area (Å²) in [6.07, 6.45) is 20.9. The van der Waals surface area contributed by atoms with Gasteiger partial charge < -0.3 is 10.4 Å². The molecule has 0 saturated carbocycles. The van der Waals surface area contributed by atoms with Gasteiger partial charge in [-0.2, -0.15) is 0 Å². The van der Waals surface area contributed by atoms with Crippen molar-refractivity contribution in [3.8, 4) is 0 Å². The van der Waals surface area contributed by atoms with Crippen LogP contribution in [0.15, 0.2) is 0 Å². The molecule has 3 N–H and O–H groups in total. The summed E-state index contributed by atoms with van der Waals surface area (Å²) in [5.41, 5.74) is -1.69. The van der Waals surface area contributed by atoms with Crippen molar-refractivity contribution in [2.45, 2.75) is 122 Å². The monoisotopic (exact) mass is 368 g/mol. The van der Waals surface area contributed by atoms with E-state index >= 15 is 0 Å². The molecule has 1 atom stereocenters. The summed E-state index contributed by atoms with van der Waals surface area (Å²) in [4.78, 5) is 22.5. The first-order valence-corrected chi connectivity index (χ1v) is 10.9. The minimum atomic E-state index is -1.69. The third kappa shape index (κ3) is 10.1. The number of carbonyl (C=O) groups is 2. The molecule has 1 aliphatic rings. The number of carbonyl (C=O) groups excluding carboxylic acids is 2. The SMILES string of the molecule is CCCCCCCCCCCCCCCCCCC1(O)NC(=O)NC1=O. The summed E-state index contributed by atoms with van der Waals surface area (Å²) in [5, 5.41) is 14.4. The van der Waals surface area contributed by atoms with Crippen molar-refractivity contribution in [3.63, 3.8) is 0 Å². The van der Waals surface area contributed by atoms with E-state index in [2.05, 4.69) is 17.6 Å². The highest BCUT2D eigenvalue weighted by Gasteiger charge is 2.43. The lowest BCUT2D eigenvalue weighted by molar-refractivity contribution is -0.137. The Morgan fingerprint density at radius 2 is 1.08 bits per heavy atom. The highest BCUT2D eigenvalue weighted by atomic mass is 16.3. The number of hydrogen-bond acceptors (Lipinski definition) is 3. The number of rotatable bonds is 17. The van der Waals surface area contributed by atoms with Crippen LogP contribution < -0.4 is 10.6 Å². The van der Waals surface area contributed by atoms with E-state index in [1.807, 2.05) is 0 Å². The van der Waals surface area contributed by atoms with Gasteiger partial charge in [-0.1, -0.05) is 103 Å². The molecule has 0 bridgehead atoms. The van der Waals surface area contributed by atoms with Crippen LogP contribution in [0, 0.1) is 0 Å². The van der Waals surface area contributed by atoms with Crippen molar-refractivity contribution in [1.82, 2.24) is 10.6 Å². The van der Waals surface area contributed by atoms with Crippen LogP contribution >= 0.6 is 0 Å². The van der Waals surface area contributed by atoms with Crippen LogP contribution in [-0.4, -0.2) is 22.8 Å². The lowest BCUT2D eigenvalue weighted by Gasteiger charge is -2.18. The maximum atomic E-state index is 11.5. The molecule has 0 aromatic carbocycles. The molecule has 5 nitrogen and oxygen atoms in total. The first kappa shape index (κ1) is 22.9. The van der Waals surface area contributed by atoms with Crippen LogP contribution in [0.3, 0.4) is 0 Å². The predicted molar refractivity (Wildman–Crippen MR) is 106 cm³/mol. The Morgan fingerprint density at radius 1 is 0.692 bits per heavy atom. The van der Waals surface area contributed by atoms with Gasteiger partial charge in [0.05, 0.1) is 0 Å². The van der Waals surface area contributed by atoms with Gasteiger partial charge in [0.2, 0.25) is 5.72 Å². The van der Waals surface area contributed by atoms with Gasteiger partial charge in [-0.15, -0.1) is 0 Å². The van der Waals surface area contributed by atoms with Gasteiger partial charge in [-0.05, 0) is 6.42 Å². The van der Waals surface area contributed by atoms with E-state index in [4.69, 9.17) is 0 Å². The molecule has 0 spiro atoms. The Kier molecular flexibility index (Phi) is 12.4. The van der Waals surface area contributed by atoms with Crippen LogP contribution in [-0.2, 0) is 4.79 Å². The summed E-state index contributed by atoms with van der Waals surface area (Å²) in [6.45, 7) is 2.27. The van der Waals surface area contributed by atoms with E-state index < -0.39 is 17.7 Å². The van der Waals surface area contributed by atoms with Gasteiger partial charge in [0.25, 0.3) is 5.91 Å². The number of unbranched alkanes of at least 4 members (excludes halogenated alkanes) is 15. The Hall–Kier alpha value is -1.10. The summed E-state index contributed by atoms with van der Waals surface area (Å²) in [5.74, 6) is -0.622. The van der Waals surface area contributed by atoms with Crippen molar-refractivity contribution in [3.05, 3.63) is 0 Å². The van der Waals surface area contributed by atoms with Crippen LogP contribution in [0.4, 0.5) is 4.79 Å². The molecular weight excluding hydrogens is 328 g/mol. The number of aliphatic hydroxyl groups is 1. The van der Waals surface area contributed by atoms with E-state index in [9.17, 15) is 14.7 Å². The second-order valence-corrected chi connectivity index (χ2v) is 7.82. The fraction of sp³-hybridized carbons (Fsp3) is 0.905. The molecule has 1 aliphatic heterocycles. The largest absolute Gasteiger partial charge is 0.363 e. The molecule has 0 aromatic rings. The summed E-state index contributed by atoms with van der Waals surface area (Å²) < 4.78 is 0. The average molecular weight is 369 g/mol. The van der Waals surface area contributed by atoms with Gasteiger partial charge in [-0.25, -0.2) is 4.79 Å². The Labute approximate surface area is 159 Å². The van der Waals surface area contributed by atoms with Crippen LogP contribution in [0.1, 0.15) is 116 Å². The van der Waals surface area contributed by atoms with E-state index in [-0.39, 0.29) is 0 Å². The Morgan fingerprint density at radius 3 is 1.42 bits per heavy atom. The first-order chi connectivity index (χ1) is 12.6. The van der Waals surface area contributed by atoms with Gasteiger partial charge in [0, 0.05) is 6.42 Å². The molecule has 1 saturated heterocycles. The van der Waals surface area contributed by atoms with Crippen molar-refractivity contribution < 1.29 is 14.7 Å². The summed E-state index contributed by atoms with van der Waals surface area (Å²) in [7, 11) is 0.